The van der Waals surface area contributed by atoms with Gasteiger partial charge in [-0.1, -0.05) is 6.07 Å². The fourth-order valence-corrected chi connectivity index (χ4v) is 3.54. The number of ether oxygens (including phenoxy) is 1. The molecular weight excluding hydrogens is 273 g/mol. The Hall–Kier alpha value is -1.02. The molecule has 1 heterocycles. The van der Waals surface area contributed by atoms with Gasteiger partial charge in [-0.15, -0.1) is 0 Å². The fourth-order valence-electron chi connectivity index (χ4n) is 2.00. The van der Waals surface area contributed by atoms with Crippen molar-refractivity contribution in [3.8, 4) is 0 Å². The molecule has 7 heteroatoms. The van der Waals surface area contributed by atoms with Crippen molar-refractivity contribution in [2.45, 2.75) is 24.5 Å². The average Bonchev–Trinajstić information content (AvgIpc) is 2.38. The number of nitrogens with zero attached hydrogens (tertiary/aromatic N) is 1. The summed E-state index contributed by atoms with van der Waals surface area (Å²) in [5, 5.41) is 8.90. The van der Waals surface area contributed by atoms with E-state index in [1.54, 1.807) is 6.92 Å². The normalized spacial score (nSPS) is 21.5. The molecular formula is C12H16FNO4S. The zero-order valence-electron chi connectivity index (χ0n) is 10.5. The standard InChI is InChI=1S/C12H16FNO4S/c1-9-7-14(4-5-18-9)19(16,17)12-3-2-10(8-15)6-11(12)13/h2-3,6,9,15H,4-5,7-8H2,1H3. The second-order valence-corrected chi connectivity index (χ2v) is 6.37. The first kappa shape index (κ1) is 14.4. The molecule has 0 radical (unpaired) electrons. The SMILES string of the molecule is CC1CN(S(=O)(=O)c2ccc(CO)cc2F)CCO1. The van der Waals surface area contributed by atoms with Crippen LogP contribution in [0.4, 0.5) is 4.39 Å². The Kier molecular flexibility index (Phi) is 4.19. The van der Waals surface area contributed by atoms with Crippen LogP contribution in [0.15, 0.2) is 23.1 Å². The lowest BCUT2D eigenvalue weighted by atomic mass is 10.2. The van der Waals surface area contributed by atoms with Crippen molar-refractivity contribution >= 4 is 10.0 Å². The summed E-state index contributed by atoms with van der Waals surface area (Å²) in [5.41, 5.74) is 0.340. The molecule has 5 nitrogen and oxygen atoms in total. The van der Waals surface area contributed by atoms with Crippen molar-refractivity contribution in [1.29, 1.82) is 0 Å². The summed E-state index contributed by atoms with van der Waals surface area (Å²) >= 11 is 0. The second-order valence-electron chi connectivity index (χ2n) is 4.47. The first-order valence-electron chi connectivity index (χ1n) is 5.96. The Morgan fingerprint density at radius 1 is 1.53 bits per heavy atom. The van der Waals surface area contributed by atoms with Crippen LogP contribution in [0.1, 0.15) is 12.5 Å². The average molecular weight is 289 g/mol. The van der Waals surface area contributed by atoms with Crippen LogP contribution < -0.4 is 0 Å². The maximum Gasteiger partial charge on any atom is 0.246 e. The number of benzene rings is 1. The van der Waals surface area contributed by atoms with E-state index in [9.17, 15) is 12.8 Å². The highest BCUT2D eigenvalue weighted by atomic mass is 32.2. The smallest absolute Gasteiger partial charge is 0.246 e. The van der Waals surface area contributed by atoms with Crippen molar-refractivity contribution in [2.75, 3.05) is 19.7 Å². The molecule has 0 aliphatic carbocycles. The summed E-state index contributed by atoms with van der Waals surface area (Å²) in [4.78, 5) is -0.362. The van der Waals surface area contributed by atoms with Gasteiger partial charge in [-0.2, -0.15) is 4.31 Å². The lowest BCUT2D eigenvalue weighted by molar-refractivity contribution is 0.0101. The minimum absolute atomic E-state index is 0.205. The van der Waals surface area contributed by atoms with Gasteiger partial charge in [0.2, 0.25) is 10.0 Å². The van der Waals surface area contributed by atoms with E-state index in [1.807, 2.05) is 0 Å². The third-order valence-corrected chi connectivity index (χ3v) is 4.90. The van der Waals surface area contributed by atoms with E-state index in [4.69, 9.17) is 9.84 Å². The van der Waals surface area contributed by atoms with Crippen molar-refractivity contribution in [3.63, 3.8) is 0 Å². The van der Waals surface area contributed by atoms with Gasteiger partial charge in [0.1, 0.15) is 10.7 Å². The van der Waals surface area contributed by atoms with E-state index >= 15 is 0 Å². The van der Waals surface area contributed by atoms with E-state index in [1.165, 1.54) is 16.4 Å². The van der Waals surface area contributed by atoms with E-state index in [-0.39, 0.29) is 30.7 Å². The summed E-state index contributed by atoms with van der Waals surface area (Å²) in [6.07, 6.45) is -0.205. The van der Waals surface area contributed by atoms with Crippen LogP contribution in [0.2, 0.25) is 0 Å². The molecule has 106 valence electrons. The molecule has 0 aromatic heterocycles. The fraction of sp³-hybridized carbons (Fsp3) is 0.500. The highest BCUT2D eigenvalue weighted by molar-refractivity contribution is 7.89. The Balaban J connectivity index is 2.33. The first-order valence-corrected chi connectivity index (χ1v) is 7.40. The molecule has 0 amide bonds. The molecule has 1 aliphatic rings. The predicted molar refractivity (Wildman–Crippen MR) is 66.5 cm³/mol. The molecule has 1 unspecified atom stereocenters. The van der Waals surface area contributed by atoms with Crippen LogP contribution in [0.5, 0.6) is 0 Å². The zero-order chi connectivity index (χ0) is 14.0. The number of aliphatic hydroxyl groups is 1. The summed E-state index contributed by atoms with van der Waals surface area (Å²) in [5.74, 6) is -0.842. The van der Waals surface area contributed by atoms with Crippen molar-refractivity contribution < 1.29 is 22.7 Å². The number of hydrogen-bond donors (Lipinski definition) is 1. The Morgan fingerprint density at radius 2 is 2.26 bits per heavy atom. The molecule has 1 atom stereocenters. The predicted octanol–water partition coefficient (Wildman–Crippen LogP) is 0.727. The van der Waals surface area contributed by atoms with Crippen molar-refractivity contribution in [1.82, 2.24) is 4.31 Å². The maximum atomic E-state index is 13.8. The number of sulfonamides is 1. The van der Waals surface area contributed by atoms with Crippen LogP contribution in [0.3, 0.4) is 0 Å². The van der Waals surface area contributed by atoms with Gasteiger partial charge in [0.25, 0.3) is 0 Å². The Labute approximate surface area is 111 Å². The van der Waals surface area contributed by atoms with E-state index in [0.717, 1.165) is 6.07 Å². The molecule has 1 aromatic carbocycles. The molecule has 1 aromatic rings. The van der Waals surface area contributed by atoms with E-state index in [0.29, 0.717) is 12.2 Å². The Bertz CT molecular complexity index is 561. The van der Waals surface area contributed by atoms with Crippen LogP contribution in [-0.4, -0.2) is 43.6 Å². The monoisotopic (exact) mass is 289 g/mol. The number of rotatable bonds is 3. The lowest BCUT2D eigenvalue weighted by Crippen LogP contribution is -2.44. The third-order valence-electron chi connectivity index (χ3n) is 3.00. The van der Waals surface area contributed by atoms with Crippen LogP contribution >= 0.6 is 0 Å². The molecule has 2 rings (SSSR count). The topological polar surface area (TPSA) is 66.8 Å². The van der Waals surface area contributed by atoms with Crippen molar-refractivity contribution in [3.05, 3.63) is 29.6 Å². The highest BCUT2D eigenvalue weighted by Crippen LogP contribution is 2.22. The maximum absolute atomic E-state index is 13.8. The molecule has 0 saturated carbocycles. The zero-order valence-corrected chi connectivity index (χ0v) is 11.4. The van der Waals surface area contributed by atoms with Gasteiger partial charge in [0, 0.05) is 13.1 Å². The number of hydrogen-bond acceptors (Lipinski definition) is 4. The summed E-state index contributed by atoms with van der Waals surface area (Å²) < 4.78 is 45.0. The molecule has 0 bridgehead atoms. The summed E-state index contributed by atoms with van der Waals surface area (Å²) in [7, 11) is -3.85. The van der Waals surface area contributed by atoms with Gasteiger partial charge in [-0.05, 0) is 24.6 Å². The van der Waals surface area contributed by atoms with Gasteiger partial charge < -0.3 is 9.84 Å². The molecule has 1 saturated heterocycles. The lowest BCUT2D eigenvalue weighted by Gasteiger charge is -2.30. The minimum Gasteiger partial charge on any atom is -0.392 e. The molecule has 0 spiro atoms. The molecule has 19 heavy (non-hydrogen) atoms. The van der Waals surface area contributed by atoms with Gasteiger partial charge in [-0.3, -0.25) is 0 Å². The molecule has 1 N–H and O–H groups in total. The molecule has 1 fully saturated rings. The second kappa shape index (κ2) is 5.54. The van der Waals surface area contributed by atoms with Gasteiger partial charge in [-0.25, -0.2) is 12.8 Å². The van der Waals surface area contributed by atoms with Gasteiger partial charge >= 0.3 is 0 Å². The quantitative estimate of drug-likeness (QED) is 0.890. The first-order chi connectivity index (χ1) is 8.95. The molecule has 1 aliphatic heterocycles. The summed E-state index contributed by atoms with van der Waals surface area (Å²) in [6.45, 7) is 2.17. The Morgan fingerprint density at radius 3 is 2.84 bits per heavy atom. The largest absolute Gasteiger partial charge is 0.392 e. The van der Waals surface area contributed by atoms with Crippen LogP contribution in [0, 0.1) is 5.82 Å². The van der Waals surface area contributed by atoms with Crippen LogP contribution in [-0.2, 0) is 21.4 Å². The minimum atomic E-state index is -3.85. The highest BCUT2D eigenvalue weighted by Gasteiger charge is 2.31. The summed E-state index contributed by atoms with van der Waals surface area (Å²) in [6, 6.07) is 3.63. The number of aliphatic hydroxyl groups excluding tert-OH is 1. The van der Waals surface area contributed by atoms with Crippen molar-refractivity contribution in [2.24, 2.45) is 0 Å². The van der Waals surface area contributed by atoms with Crippen LogP contribution in [0.25, 0.3) is 0 Å². The number of halogens is 1. The van der Waals surface area contributed by atoms with E-state index in [2.05, 4.69) is 0 Å². The van der Waals surface area contributed by atoms with Gasteiger partial charge in [0.15, 0.2) is 0 Å². The van der Waals surface area contributed by atoms with Gasteiger partial charge in [0.05, 0.1) is 19.3 Å². The number of morpholine rings is 1. The third kappa shape index (κ3) is 2.94. The van der Waals surface area contributed by atoms with E-state index < -0.39 is 15.8 Å².